The summed E-state index contributed by atoms with van der Waals surface area (Å²) in [5, 5.41) is 13.8. The topological polar surface area (TPSA) is 80.3 Å². The van der Waals surface area contributed by atoms with Crippen LogP contribution >= 0.6 is 0 Å². The molecule has 4 rings (SSSR count). The highest BCUT2D eigenvalue weighted by atomic mass is 16.7. The van der Waals surface area contributed by atoms with Crippen LogP contribution < -0.4 is 19.5 Å². The SMILES string of the molecule is O=C(CN1CCC[C@@](O)(COc2ccccc2)C1)NCc1ccc2c(c1)OCO2. The number of benzene rings is 2. The number of aliphatic hydroxyl groups is 1. The molecule has 7 heteroatoms. The van der Waals surface area contributed by atoms with Crippen LogP contribution in [0.3, 0.4) is 0 Å². The Morgan fingerprint density at radius 1 is 1.17 bits per heavy atom. The van der Waals surface area contributed by atoms with Gasteiger partial charge in [0.25, 0.3) is 0 Å². The second-order valence-electron chi connectivity index (χ2n) is 7.60. The van der Waals surface area contributed by atoms with E-state index in [1.165, 1.54) is 0 Å². The Hall–Kier alpha value is -2.77. The van der Waals surface area contributed by atoms with E-state index in [0.29, 0.717) is 25.3 Å². The van der Waals surface area contributed by atoms with Crippen molar-refractivity contribution in [2.24, 2.45) is 0 Å². The number of likely N-dealkylation sites (tertiary alicyclic amines) is 1. The van der Waals surface area contributed by atoms with Gasteiger partial charge in [-0.15, -0.1) is 0 Å². The fourth-order valence-corrected chi connectivity index (χ4v) is 3.70. The van der Waals surface area contributed by atoms with Gasteiger partial charge >= 0.3 is 0 Å². The molecule has 2 aliphatic rings. The number of rotatable bonds is 7. The number of piperidine rings is 1. The average Bonchev–Trinajstić information content (AvgIpc) is 3.20. The molecule has 154 valence electrons. The van der Waals surface area contributed by atoms with E-state index < -0.39 is 5.60 Å². The molecule has 2 aromatic carbocycles. The van der Waals surface area contributed by atoms with E-state index >= 15 is 0 Å². The van der Waals surface area contributed by atoms with Gasteiger partial charge in [-0.05, 0) is 49.2 Å². The molecule has 1 atom stereocenters. The Kier molecular flexibility index (Phi) is 5.87. The summed E-state index contributed by atoms with van der Waals surface area (Å²) in [5.41, 5.74) is 0.000103. The lowest BCUT2D eigenvalue weighted by molar-refractivity contribution is -0.124. The van der Waals surface area contributed by atoms with Crippen molar-refractivity contribution in [1.29, 1.82) is 0 Å². The third-order valence-corrected chi connectivity index (χ3v) is 5.18. The molecule has 2 heterocycles. The van der Waals surface area contributed by atoms with Crippen LogP contribution in [0.2, 0.25) is 0 Å². The Balaban J connectivity index is 1.24. The van der Waals surface area contributed by atoms with Crippen LogP contribution in [0, 0.1) is 0 Å². The number of fused-ring (bicyclic) bond motifs is 1. The maximum Gasteiger partial charge on any atom is 0.234 e. The predicted octanol–water partition coefficient (Wildman–Crippen LogP) is 1.94. The minimum absolute atomic E-state index is 0.0732. The number of amides is 1. The van der Waals surface area contributed by atoms with Gasteiger partial charge in [-0.1, -0.05) is 24.3 Å². The standard InChI is InChI=1S/C22H26N2O5/c25-21(23-12-17-7-8-19-20(11-17)29-16-28-19)13-24-10-4-9-22(26,14-24)15-27-18-5-2-1-3-6-18/h1-3,5-8,11,26H,4,9-10,12-16H2,(H,23,25)/t22-/m0/s1. The summed E-state index contributed by atoms with van der Waals surface area (Å²) in [6, 6.07) is 15.1. The number of carbonyl (C=O) groups is 1. The van der Waals surface area contributed by atoms with Gasteiger partial charge in [0.2, 0.25) is 12.7 Å². The lowest BCUT2D eigenvalue weighted by Gasteiger charge is -2.38. The van der Waals surface area contributed by atoms with Crippen LogP contribution in [0.15, 0.2) is 48.5 Å². The zero-order chi connectivity index (χ0) is 20.1. The molecule has 29 heavy (non-hydrogen) atoms. The van der Waals surface area contributed by atoms with Crippen molar-refractivity contribution < 1.29 is 24.1 Å². The Bertz CT molecular complexity index is 844. The van der Waals surface area contributed by atoms with Crippen LogP contribution in [-0.2, 0) is 11.3 Å². The molecule has 0 radical (unpaired) electrons. The highest BCUT2D eigenvalue weighted by Crippen LogP contribution is 2.32. The number of β-amino-alcohol motifs (C(OH)–C–C–N with tert-alkyl or cyclic N) is 1. The maximum absolute atomic E-state index is 12.4. The molecule has 0 saturated carbocycles. The molecule has 2 aliphatic heterocycles. The number of hydrogen-bond acceptors (Lipinski definition) is 6. The van der Waals surface area contributed by atoms with Crippen molar-refractivity contribution in [3.05, 3.63) is 54.1 Å². The highest BCUT2D eigenvalue weighted by molar-refractivity contribution is 5.78. The van der Waals surface area contributed by atoms with Gasteiger partial charge < -0.3 is 24.6 Å². The van der Waals surface area contributed by atoms with E-state index in [0.717, 1.165) is 30.0 Å². The number of nitrogens with zero attached hydrogens (tertiary/aromatic N) is 1. The number of para-hydroxylation sites is 1. The maximum atomic E-state index is 12.4. The van der Waals surface area contributed by atoms with Crippen LogP contribution in [-0.4, -0.2) is 54.5 Å². The quantitative estimate of drug-likeness (QED) is 0.742. The third-order valence-electron chi connectivity index (χ3n) is 5.18. The lowest BCUT2D eigenvalue weighted by atomic mass is 9.93. The smallest absolute Gasteiger partial charge is 0.234 e. The van der Waals surface area contributed by atoms with E-state index in [9.17, 15) is 9.90 Å². The van der Waals surface area contributed by atoms with Crippen LogP contribution in [0.1, 0.15) is 18.4 Å². The van der Waals surface area contributed by atoms with Crippen LogP contribution in [0.4, 0.5) is 0 Å². The van der Waals surface area contributed by atoms with Crippen molar-refractivity contribution in [2.75, 3.05) is 33.0 Å². The fourth-order valence-electron chi connectivity index (χ4n) is 3.70. The van der Waals surface area contributed by atoms with E-state index in [4.69, 9.17) is 14.2 Å². The lowest BCUT2D eigenvalue weighted by Crippen LogP contribution is -2.53. The molecular weight excluding hydrogens is 372 g/mol. The van der Waals surface area contributed by atoms with Crippen molar-refractivity contribution in [3.63, 3.8) is 0 Å². The normalized spacial score (nSPS) is 21.0. The molecule has 0 bridgehead atoms. The first-order valence-electron chi connectivity index (χ1n) is 9.87. The summed E-state index contributed by atoms with van der Waals surface area (Å²) in [4.78, 5) is 14.4. The van der Waals surface area contributed by atoms with Gasteiger partial charge in [0.05, 0.1) is 6.54 Å². The summed E-state index contributed by atoms with van der Waals surface area (Å²) in [5.74, 6) is 2.09. The third kappa shape index (κ3) is 5.19. The molecule has 0 aromatic heterocycles. The van der Waals surface area contributed by atoms with Gasteiger partial charge in [0.15, 0.2) is 11.5 Å². The second-order valence-corrected chi connectivity index (χ2v) is 7.60. The largest absolute Gasteiger partial charge is 0.491 e. The fraction of sp³-hybridized carbons (Fsp3) is 0.409. The molecule has 1 saturated heterocycles. The first kappa shape index (κ1) is 19.5. The van der Waals surface area contributed by atoms with Crippen molar-refractivity contribution >= 4 is 5.91 Å². The van der Waals surface area contributed by atoms with Gasteiger partial charge in [-0.2, -0.15) is 0 Å². The summed E-state index contributed by atoms with van der Waals surface area (Å²) in [7, 11) is 0. The summed E-state index contributed by atoms with van der Waals surface area (Å²) < 4.78 is 16.4. The molecule has 1 amide bonds. The average molecular weight is 398 g/mol. The zero-order valence-corrected chi connectivity index (χ0v) is 16.3. The van der Waals surface area contributed by atoms with E-state index in [-0.39, 0.29) is 25.9 Å². The summed E-state index contributed by atoms with van der Waals surface area (Å²) in [6.45, 7) is 2.31. The Morgan fingerprint density at radius 3 is 2.86 bits per heavy atom. The highest BCUT2D eigenvalue weighted by Gasteiger charge is 2.34. The molecule has 2 aromatic rings. The molecule has 7 nitrogen and oxygen atoms in total. The molecular formula is C22H26N2O5. The summed E-state index contributed by atoms with van der Waals surface area (Å²) >= 11 is 0. The van der Waals surface area contributed by atoms with E-state index in [2.05, 4.69) is 5.32 Å². The minimum Gasteiger partial charge on any atom is -0.491 e. The van der Waals surface area contributed by atoms with Crippen molar-refractivity contribution in [1.82, 2.24) is 10.2 Å². The molecule has 0 aliphatic carbocycles. The molecule has 2 N–H and O–H groups in total. The number of ether oxygens (including phenoxy) is 3. The molecule has 0 spiro atoms. The summed E-state index contributed by atoms with van der Waals surface area (Å²) in [6.07, 6.45) is 1.49. The first-order chi connectivity index (χ1) is 14.1. The molecule has 0 unspecified atom stereocenters. The monoisotopic (exact) mass is 398 g/mol. The Labute approximate surface area is 170 Å². The van der Waals surface area contributed by atoms with Crippen molar-refractivity contribution in [3.8, 4) is 17.2 Å². The van der Waals surface area contributed by atoms with Gasteiger partial charge in [0, 0.05) is 13.1 Å². The predicted molar refractivity (Wildman–Crippen MR) is 107 cm³/mol. The number of nitrogens with one attached hydrogen (secondary N) is 1. The van der Waals surface area contributed by atoms with Crippen LogP contribution in [0.5, 0.6) is 17.2 Å². The number of carbonyl (C=O) groups excluding carboxylic acids is 1. The number of hydrogen-bond donors (Lipinski definition) is 2. The first-order valence-corrected chi connectivity index (χ1v) is 9.87. The van der Waals surface area contributed by atoms with Gasteiger partial charge in [-0.3, -0.25) is 9.69 Å². The zero-order valence-electron chi connectivity index (χ0n) is 16.3. The minimum atomic E-state index is -0.953. The molecule has 1 fully saturated rings. The Morgan fingerprint density at radius 2 is 2.00 bits per heavy atom. The van der Waals surface area contributed by atoms with E-state index in [1.54, 1.807) is 0 Å². The van der Waals surface area contributed by atoms with E-state index in [1.807, 2.05) is 53.4 Å². The van der Waals surface area contributed by atoms with Gasteiger partial charge in [0.1, 0.15) is 18.0 Å². The second kappa shape index (κ2) is 8.71. The van der Waals surface area contributed by atoms with Gasteiger partial charge in [-0.25, -0.2) is 0 Å². The van der Waals surface area contributed by atoms with Crippen LogP contribution in [0.25, 0.3) is 0 Å². The van der Waals surface area contributed by atoms with Crippen molar-refractivity contribution in [2.45, 2.75) is 25.0 Å².